The van der Waals surface area contributed by atoms with Crippen LogP contribution < -0.4 is 5.73 Å². The van der Waals surface area contributed by atoms with E-state index >= 15 is 0 Å². The molecule has 0 aromatic rings. The standard InChI is InChI=1S/C10H18N2O3/c1-2-8(11)10(15)12(7-3-4-7)6-5-9(13)14/h7-8H,2-6,11H2,1H3,(H,13,14)/t8-/m0/s1. The van der Waals surface area contributed by atoms with Gasteiger partial charge in [0.15, 0.2) is 0 Å². The van der Waals surface area contributed by atoms with Gasteiger partial charge in [-0.15, -0.1) is 0 Å². The number of nitrogens with two attached hydrogens (primary N) is 1. The Balaban J connectivity index is 2.49. The van der Waals surface area contributed by atoms with Gasteiger partial charge in [0, 0.05) is 12.6 Å². The third-order valence-electron chi connectivity index (χ3n) is 2.59. The van der Waals surface area contributed by atoms with E-state index in [9.17, 15) is 9.59 Å². The molecule has 1 aliphatic carbocycles. The molecule has 1 rings (SSSR count). The summed E-state index contributed by atoms with van der Waals surface area (Å²) in [6, 6.07) is -0.256. The smallest absolute Gasteiger partial charge is 0.305 e. The van der Waals surface area contributed by atoms with Crippen LogP contribution in [0.3, 0.4) is 0 Å². The van der Waals surface area contributed by atoms with Crippen molar-refractivity contribution in [2.75, 3.05) is 6.54 Å². The molecule has 1 fully saturated rings. The molecule has 0 spiro atoms. The van der Waals surface area contributed by atoms with Crippen LogP contribution in [0.15, 0.2) is 0 Å². The summed E-state index contributed by atoms with van der Waals surface area (Å²) in [5.74, 6) is -0.986. The number of hydrogen-bond donors (Lipinski definition) is 2. The van der Waals surface area contributed by atoms with Gasteiger partial charge in [-0.05, 0) is 19.3 Å². The Labute approximate surface area is 89.2 Å². The second kappa shape index (κ2) is 5.11. The zero-order valence-electron chi connectivity index (χ0n) is 8.98. The maximum Gasteiger partial charge on any atom is 0.305 e. The Bertz CT molecular complexity index is 251. The summed E-state index contributed by atoms with van der Waals surface area (Å²) < 4.78 is 0. The SMILES string of the molecule is CC[C@H](N)C(=O)N(CCC(=O)O)C1CC1. The molecule has 0 radical (unpaired) electrons. The predicted octanol–water partition coefficient (Wildman–Crippen LogP) is 0.189. The minimum absolute atomic E-state index is 0.00132. The normalized spacial score (nSPS) is 17.2. The number of carboxylic acids is 1. The fourth-order valence-electron chi connectivity index (χ4n) is 1.46. The van der Waals surface area contributed by atoms with E-state index in [4.69, 9.17) is 10.8 Å². The summed E-state index contributed by atoms with van der Waals surface area (Å²) in [6.45, 7) is 2.14. The topological polar surface area (TPSA) is 83.6 Å². The molecule has 1 aliphatic rings. The van der Waals surface area contributed by atoms with Crippen LogP contribution in [0.25, 0.3) is 0 Å². The van der Waals surface area contributed by atoms with Crippen molar-refractivity contribution in [1.29, 1.82) is 0 Å². The third kappa shape index (κ3) is 3.51. The molecule has 86 valence electrons. The second-order valence-electron chi connectivity index (χ2n) is 3.92. The molecular formula is C10H18N2O3. The van der Waals surface area contributed by atoms with Gasteiger partial charge in [-0.3, -0.25) is 9.59 Å². The first-order chi connectivity index (χ1) is 7.06. The lowest BCUT2D eigenvalue weighted by Crippen LogP contribution is -2.45. The molecule has 0 aromatic heterocycles. The zero-order valence-corrected chi connectivity index (χ0v) is 8.98. The van der Waals surface area contributed by atoms with E-state index in [0.29, 0.717) is 6.42 Å². The first-order valence-corrected chi connectivity index (χ1v) is 5.34. The van der Waals surface area contributed by atoms with Crippen LogP contribution in [0, 0.1) is 0 Å². The van der Waals surface area contributed by atoms with E-state index in [0.717, 1.165) is 12.8 Å². The molecule has 1 amide bonds. The molecule has 1 atom stereocenters. The number of rotatable bonds is 6. The van der Waals surface area contributed by atoms with Crippen LogP contribution in [0.4, 0.5) is 0 Å². The molecule has 5 nitrogen and oxygen atoms in total. The van der Waals surface area contributed by atoms with Crippen molar-refractivity contribution in [1.82, 2.24) is 4.90 Å². The number of carbonyl (C=O) groups is 2. The van der Waals surface area contributed by atoms with Crippen LogP contribution in [0.5, 0.6) is 0 Å². The van der Waals surface area contributed by atoms with Crippen molar-refractivity contribution in [3.63, 3.8) is 0 Å². The van der Waals surface area contributed by atoms with Gasteiger partial charge in [0.1, 0.15) is 0 Å². The molecule has 5 heteroatoms. The summed E-state index contributed by atoms with van der Waals surface area (Å²) in [5, 5.41) is 8.57. The van der Waals surface area contributed by atoms with E-state index in [1.165, 1.54) is 0 Å². The van der Waals surface area contributed by atoms with Gasteiger partial charge in [-0.1, -0.05) is 6.92 Å². The number of nitrogens with zero attached hydrogens (tertiary/aromatic N) is 1. The first-order valence-electron chi connectivity index (χ1n) is 5.34. The summed E-state index contributed by atoms with van der Waals surface area (Å²) in [4.78, 5) is 23.8. The average molecular weight is 214 g/mol. The molecule has 0 heterocycles. The van der Waals surface area contributed by atoms with Gasteiger partial charge in [0.25, 0.3) is 0 Å². The Hall–Kier alpha value is -1.10. The Kier molecular flexibility index (Phi) is 4.08. The predicted molar refractivity (Wildman–Crippen MR) is 55.3 cm³/mol. The average Bonchev–Trinajstić information content (AvgIpc) is 3.00. The van der Waals surface area contributed by atoms with Crippen molar-refractivity contribution in [2.24, 2.45) is 5.73 Å². The highest BCUT2D eigenvalue weighted by atomic mass is 16.4. The van der Waals surface area contributed by atoms with Gasteiger partial charge in [0.05, 0.1) is 12.5 Å². The number of amides is 1. The van der Waals surface area contributed by atoms with Crippen LogP contribution in [0.1, 0.15) is 32.6 Å². The molecule has 1 saturated carbocycles. The number of aliphatic carboxylic acids is 1. The van der Waals surface area contributed by atoms with Crippen molar-refractivity contribution in [3.8, 4) is 0 Å². The number of carbonyl (C=O) groups excluding carboxylic acids is 1. The highest BCUT2D eigenvalue weighted by Crippen LogP contribution is 2.27. The number of hydrogen-bond acceptors (Lipinski definition) is 3. The summed E-state index contributed by atoms with van der Waals surface area (Å²) in [7, 11) is 0. The fourth-order valence-corrected chi connectivity index (χ4v) is 1.46. The maximum atomic E-state index is 11.8. The van der Waals surface area contributed by atoms with Crippen LogP contribution in [-0.2, 0) is 9.59 Å². The monoisotopic (exact) mass is 214 g/mol. The lowest BCUT2D eigenvalue weighted by molar-refractivity contribution is -0.139. The van der Waals surface area contributed by atoms with Crippen molar-refractivity contribution < 1.29 is 14.7 Å². The quantitative estimate of drug-likeness (QED) is 0.661. The molecule has 0 unspecified atom stereocenters. The van der Waals surface area contributed by atoms with Gasteiger partial charge in [-0.25, -0.2) is 0 Å². The maximum absolute atomic E-state index is 11.8. The molecule has 0 aliphatic heterocycles. The van der Waals surface area contributed by atoms with Crippen LogP contribution in [-0.4, -0.2) is 40.5 Å². The van der Waals surface area contributed by atoms with E-state index in [1.54, 1.807) is 4.90 Å². The van der Waals surface area contributed by atoms with Crippen molar-refractivity contribution in [3.05, 3.63) is 0 Å². The molecular weight excluding hydrogens is 196 g/mol. The Morgan fingerprint density at radius 1 is 1.53 bits per heavy atom. The van der Waals surface area contributed by atoms with Gasteiger partial charge >= 0.3 is 5.97 Å². The van der Waals surface area contributed by atoms with Gasteiger partial charge in [-0.2, -0.15) is 0 Å². The molecule has 0 saturated heterocycles. The van der Waals surface area contributed by atoms with E-state index in [1.807, 2.05) is 6.92 Å². The molecule has 0 bridgehead atoms. The second-order valence-corrected chi connectivity index (χ2v) is 3.92. The zero-order chi connectivity index (χ0) is 11.4. The minimum atomic E-state index is -0.876. The Morgan fingerprint density at radius 3 is 2.53 bits per heavy atom. The molecule has 15 heavy (non-hydrogen) atoms. The summed E-state index contributed by atoms with van der Waals surface area (Å²) >= 11 is 0. The van der Waals surface area contributed by atoms with Gasteiger partial charge < -0.3 is 15.7 Å². The van der Waals surface area contributed by atoms with Gasteiger partial charge in [0.2, 0.25) is 5.91 Å². The fraction of sp³-hybridized carbons (Fsp3) is 0.800. The Morgan fingerprint density at radius 2 is 2.13 bits per heavy atom. The number of carboxylic acid groups (broad SMARTS) is 1. The van der Waals surface area contributed by atoms with E-state index in [-0.39, 0.29) is 24.9 Å². The van der Waals surface area contributed by atoms with E-state index in [2.05, 4.69) is 0 Å². The molecule has 3 N–H and O–H groups in total. The van der Waals surface area contributed by atoms with Crippen molar-refractivity contribution >= 4 is 11.9 Å². The lowest BCUT2D eigenvalue weighted by Gasteiger charge is -2.24. The van der Waals surface area contributed by atoms with E-state index < -0.39 is 12.0 Å². The summed E-state index contributed by atoms with van der Waals surface area (Å²) in [5.41, 5.74) is 5.65. The highest BCUT2D eigenvalue weighted by molar-refractivity contribution is 5.82. The largest absolute Gasteiger partial charge is 0.481 e. The van der Waals surface area contributed by atoms with Crippen LogP contribution in [0.2, 0.25) is 0 Å². The summed E-state index contributed by atoms with van der Waals surface area (Å²) in [6.07, 6.45) is 2.54. The highest BCUT2D eigenvalue weighted by Gasteiger charge is 2.34. The lowest BCUT2D eigenvalue weighted by atomic mass is 10.2. The third-order valence-corrected chi connectivity index (χ3v) is 2.59. The minimum Gasteiger partial charge on any atom is -0.481 e. The van der Waals surface area contributed by atoms with Crippen molar-refractivity contribution in [2.45, 2.75) is 44.7 Å². The first kappa shape index (κ1) is 12.0. The molecule has 0 aromatic carbocycles. The van der Waals surface area contributed by atoms with Crippen LogP contribution >= 0.6 is 0 Å².